The molecule has 5 heteroatoms. The van der Waals surface area contributed by atoms with Crippen molar-refractivity contribution in [1.82, 2.24) is 9.88 Å². The van der Waals surface area contributed by atoms with E-state index in [1.165, 1.54) is 11.1 Å². The maximum atomic E-state index is 6.24. The number of hydrogen-bond donors (Lipinski definition) is 0. The Morgan fingerprint density at radius 1 is 1.17 bits per heavy atom. The molecule has 0 unspecified atom stereocenters. The molecule has 0 spiro atoms. The Bertz CT molecular complexity index is 552. The van der Waals surface area contributed by atoms with Crippen LogP contribution >= 0.6 is 0 Å². The molecule has 24 heavy (non-hydrogen) atoms. The minimum absolute atomic E-state index is 0.0420. The van der Waals surface area contributed by atoms with Gasteiger partial charge in [-0.1, -0.05) is 0 Å². The fourth-order valence-electron chi connectivity index (χ4n) is 3.59. The molecule has 3 rings (SSSR count). The summed E-state index contributed by atoms with van der Waals surface area (Å²) >= 11 is 0. The van der Waals surface area contributed by atoms with E-state index in [1.54, 1.807) is 0 Å². The van der Waals surface area contributed by atoms with Crippen molar-refractivity contribution in [2.75, 3.05) is 19.6 Å². The molecule has 2 aliphatic heterocycles. The monoisotopic (exact) mass is 330 g/mol. The van der Waals surface area contributed by atoms with Gasteiger partial charge in [0.15, 0.2) is 0 Å². The molecule has 1 aromatic rings. The lowest BCUT2D eigenvalue weighted by atomic mass is 9.67. The standard InChI is InChI=1S/C19H31BN2O2/c1-15-14-21-10-6-16(15)7-11-22-12-8-17(9-13-22)20-23-18(2,3)19(4,5)24-20/h6,10,14,17H,7-9,11-13H2,1-5H3. The van der Waals surface area contributed by atoms with Crippen LogP contribution in [0.1, 0.15) is 51.7 Å². The first kappa shape index (κ1) is 17.9. The Morgan fingerprint density at radius 3 is 2.38 bits per heavy atom. The molecule has 132 valence electrons. The number of rotatable bonds is 4. The van der Waals surface area contributed by atoms with Crippen molar-refractivity contribution in [1.29, 1.82) is 0 Å². The van der Waals surface area contributed by atoms with Crippen LogP contribution in [0.2, 0.25) is 5.82 Å². The highest BCUT2D eigenvalue weighted by Crippen LogP contribution is 2.42. The number of aryl methyl sites for hydroxylation is 1. The molecule has 0 amide bonds. The summed E-state index contributed by atoms with van der Waals surface area (Å²) in [6.07, 6.45) is 7.28. The van der Waals surface area contributed by atoms with Gasteiger partial charge in [-0.2, -0.15) is 0 Å². The quantitative estimate of drug-likeness (QED) is 0.792. The summed E-state index contributed by atoms with van der Waals surface area (Å²) in [7, 11) is -0.0420. The largest absolute Gasteiger partial charge is 0.461 e. The van der Waals surface area contributed by atoms with Crippen LogP contribution in [0.15, 0.2) is 18.5 Å². The van der Waals surface area contributed by atoms with E-state index in [-0.39, 0.29) is 18.3 Å². The maximum Gasteiger partial charge on any atom is 0.461 e. The minimum atomic E-state index is -0.215. The third-order valence-corrected chi connectivity index (χ3v) is 6.12. The summed E-state index contributed by atoms with van der Waals surface area (Å²) in [4.78, 5) is 6.75. The molecule has 2 fully saturated rings. The Morgan fingerprint density at radius 2 is 1.79 bits per heavy atom. The number of aromatic nitrogens is 1. The SMILES string of the molecule is Cc1cnccc1CCN1CCC(B2OC(C)(C)C(C)(C)O2)CC1. The molecule has 0 aromatic carbocycles. The summed E-state index contributed by atoms with van der Waals surface area (Å²) < 4.78 is 12.5. The maximum absolute atomic E-state index is 6.24. The zero-order chi connectivity index (χ0) is 17.4. The van der Waals surface area contributed by atoms with Crippen molar-refractivity contribution in [2.45, 2.75) is 70.9 Å². The second-order valence-corrected chi connectivity index (χ2v) is 8.36. The number of likely N-dealkylation sites (tertiary alicyclic amines) is 1. The Labute approximate surface area is 147 Å². The highest BCUT2D eigenvalue weighted by atomic mass is 16.7. The Hall–Kier alpha value is -0.905. The minimum Gasteiger partial charge on any atom is -0.403 e. The molecule has 0 N–H and O–H groups in total. The smallest absolute Gasteiger partial charge is 0.403 e. The summed E-state index contributed by atoms with van der Waals surface area (Å²) in [5.41, 5.74) is 2.28. The van der Waals surface area contributed by atoms with Crippen LogP contribution in [0.5, 0.6) is 0 Å². The van der Waals surface area contributed by atoms with Crippen LogP contribution in [0.4, 0.5) is 0 Å². The highest BCUT2D eigenvalue weighted by Gasteiger charge is 2.53. The molecule has 2 saturated heterocycles. The zero-order valence-electron chi connectivity index (χ0n) is 15.8. The molecule has 2 aliphatic rings. The van der Waals surface area contributed by atoms with Gasteiger partial charge in [0.25, 0.3) is 0 Å². The normalized spacial score (nSPS) is 24.5. The molecule has 4 nitrogen and oxygen atoms in total. The zero-order valence-corrected chi connectivity index (χ0v) is 15.8. The molecule has 0 atom stereocenters. The molecule has 0 bridgehead atoms. The summed E-state index contributed by atoms with van der Waals surface area (Å²) in [6, 6.07) is 2.15. The second-order valence-electron chi connectivity index (χ2n) is 8.36. The van der Waals surface area contributed by atoms with Crippen molar-refractivity contribution >= 4 is 7.12 Å². The van der Waals surface area contributed by atoms with E-state index < -0.39 is 0 Å². The average molecular weight is 330 g/mol. The number of nitrogens with zero attached hydrogens (tertiary/aromatic N) is 2. The van der Waals surface area contributed by atoms with Gasteiger partial charge in [0, 0.05) is 18.9 Å². The number of pyridine rings is 1. The lowest BCUT2D eigenvalue weighted by Crippen LogP contribution is -2.41. The van der Waals surface area contributed by atoms with Crippen molar-refractivity contribution in [3.05, 3.63) is 29.6 Å². The van der Waals surface area contributed by atoms with Gasteiger partial charge in [-0.15, -0.1) is 0 Å². The molecular weight excluding hydrogens is 299 g/mol. The first-order valence-corrected chi connectivity index (χ1v) is 9.26. The molecule has 0 saturated carbocycles. The predicted octanol–water partition coefficient (Wildman–Crippen LogP) is 3.49. The second kappa shape index (κ2) is 6.78. The van der Waals surface area contributed by atoms with Crippen molar-refractivity contribution in [2.24, 2.45) is 0 Å². The van der Waals surface area contributed by atoms with Gasteiger partial charge in [-0.05, 0) is 90.0 Å². The van der Waals surface area contributed by atoms with E-state index in [1.807, 2.05) is 12.4 Å². The topological polar surface area (TPSA) is 34.6 Å². The fraction of sp³-hybridized carbons (Fsp3) is 0.737. The van der Waals surface area contributed by atoms with Crippen LogP contribution in [0.25, 0.3) is 0 Å². The predicted molar refractivity (Wildman–Crippen MR) is 98.2 cm³/mol. The van der Waals surface area contributed by atoms with E-state index in [2.05, 4.69) is 50.6 Å². The Kier molecular flexibility index (Phi) is 5.05. The van der Waals surface area contributed by atoms with Gasteiger partial charge < -0.3 is 14.2 Å². The van der Waals surface area contributed by atoms with Gasteiger partial charge >= 0.3 is 7.12 Å². The molecule has 0 aliphatic carbocycles. The van der Waals surface area contributed by atoms with Crippen LogP contribution < -0.4 is 0 Å². The first-order valence-electron chi connectivity index (χ1n) is 9.26. The Balaban J connectivity index is 1.47. The van der Waals surface area contributed by atoms with E-state index in [0.29, 0.717) is 5.82 Å². The van der Waals surface area contributed by atoms with Gasteiger partial charge in [0.2, 0.25) is 0 Å². The van der Waals surface area contributed by atoms with Gasteiger partial charge in [0.1, 0.15) is 0 Å². The van der Waals surface area contributed by atoms with Crippen molar-refractivity contribution in [3.63, 3.8) is 0 Å². The fourth-order valence-corrected chi connectivity index (χ4v) is 3.59. The van der Waals surface area contributed by atoms with Crippen molar-refractivity contribution in [3.8, 4) is 0 Å². The summed E-state index contributed by atoms with van der Waals surface area (Å²) in [5.74, 6) is 0.518. The first-order chi connectivity index (χ1) is 11.3. The summed E-state index contributed by atoms with van der Waals surface area (Å²) in [5, 5.41) is 0. The number of piperidine rings is 1. The van der Waals surface area contributed by atoms with E-state index in [9.17, 15) is 0 Å². The molecule has 1 aromatic heterocycles. The molecule has 3 heterocycles. The van der Waals surface area contributed by atoms with Gasteiger partial charge in [-0.25, -0.2) is 0 Å². The lowest BCUT2D eigenvalue weighted by Gasteiger charge is -2.32. The van der Waals surface area contributed by atoms with E-state index >= 15 is 0 Å². The van der Waals surface area contributed by atoms with Crippen molar-refractivity contribution < 1.29 is 9.31 Å². The lowest BCUT2D eigenvalue weighted by molar-refractivity contribution is 0.00578. The van der Waals surface area contributed by atoms with Crippen LogP contribution in [-0.4, -0.2) is 47.8 Å². The van der Waals surface area contributed by atoms with Gasteiger partial charge in [-0.3, -0.25) is 4.98 Å². The van der Waals surface area contributed by atoms with Gasteiger partial charge in [0.05, 0.1) is 11.2 Å². The summed E-state index contributed by atoms with van der Waals surface area (Å²) in [6.45, 7) is 14.1. The van der Waals surface area contributed by atoms with E-state index in [4.69, 9.17) is 9.31 Å². The average Bonchev–Trinajstić information content (AvgIpc) is 2.75. The number of hydrogen-bond acceptors (Lipinski definition) is 4. The third kappa shape index (κ3) is 3.68. The molecular formula is C19H31BN2O2. The van der Waals surface area contributed by atoms with Crippen LogP contribution in [0, 0.1) is 6.92 Å². The van der Waals surface area contributed by atoms with Crippen LogP contribution in [-0.2, 0) is 15.7 Å². The molecule has 0 radical (unpaired) electrons. The van der Waals surface area contributed by atoms with E-state index in [0.717, 1.165) is 38.9 Å². The third-order valence-electron chi connectivity index (χ3n) is 6.12. The van der Waals surface area contributed by atoms with Crippen LogP contribution in [0.3, 0.4) is 0 Å². The highest BCUT2D eigenvalue weighted by molar-refractivity contribution is 6.47.